The molecule has 120 valence electrons. The van der Waals surface area contributed by atoms with E-state index in [0.717, 1.165) is 18.4 Å². The Morgan fingerprint density at radius 2 is 2.00 bits per heavy atom. The molecule has 1 atom stereocenters. The molecule has 1 aliphatic rings. The highest BCUT2D eigenvalue weighted by molar-refractivity contribution is 7.88. The van der Waals surface area contributed by atoms with Crippen molar-refractivity contribution in [2.24, 2.45) is 0 Å². The largest absolute Gasteiger partial charge is 0.481 e. The van der Waals surface area contributed by atoms with Gasteiger partial charge in [0.15, 0.2) is 0 Å². The summed E-state index contributed by atoms with van der Waals surface area (Å²) in [6.07, 6.45) is 5.58. The fourth-order valence-corrected chi connectivity index (χ4v) is 4.55. The first-order valence-electron chi connectivity index (χ1n) is 7.39. The van der Waals surface area contributed by atoms with Crippen LogP contribution < -0.4 is 0 Å². The van der Waals surface area contributed by atoms with E-state index in [4.69, 9.17) is 5.11 Å². The summed E-state index contributed by atoms with van der Waals surface area (Å²) in [7, 11) is -3.33. The molecule has 0 saturated carbocycles. The summed E-state index contributed by atoms with van der Waals surface area (Å²) in [5.41, 5.74) is 0.787. The summed E-state index contributed by atoms with van der Waals surface area (Å²) in [4.78, 5) is 10.5. The number of aliphatic carboxylic acids is 1. The van der Waals surface area contributed by atoms with Crippen LogP contribution in [0.4, 0.5) is 0 Å². The minimum atomic E-state index is -3.33. The Bertz CT molecular complexity index is 625. The zero-order chi connectivity index (χ0) is 16.0. The Balaban J connectivity index is 1.99. The van der Waals surface area contributed by atoms with Gasteiger partial charge in [0, 0.05) is 12.6 Å². The zero-order valence-corrected chi connectivity index (χ0v) is 13.2. The van der Waals surface area contributed by atoms with Crippen molar-refractivity contribution in [3.63, 3.8) is 0 Å². The average Bonchev–Trinajstić information content (AvgIpc) is 2.93. The van der Waals surface area contributed by atoms with Crippen LogP contribution in [0, 0.1) is 0 Å². The minimum absolute atomic E-state index is 0.0170. The van der Waals surface area contributed by atoms with E-state index in [0.29, 0.717) is 13.0 Å². The van der Waals surface area contributed by atoms with E-state index in [1.54, 1.807) is 16.5 Å². The summed E-state index contributed by atoms with van der Waals surface area (Å²) in [5.74, 6) is -0.861. The summed E-state index contributed by atoms with van der Waals surface area (Å²) in [5, 5.41) is 8.59. The maximum absolute atomic E-state index is 12.6. The molecule has 1 aromatic carbocycles. The normalized spacial score (nSPS) is 19.7. The van der Waals surface area contributed by atoms with Crippen molar-refractivity contribution in [1.29, 1.82) is 0 Å². The third kappa shape index (κ3) is 4.68. The lowest BCUT2D eigenvalue weighted by atomic mass is 10.1. The number of hydrogen-bond donors (Lipinski definition) is 1. The van der Waals surface area contributed by atoms with Crippen LogP contribution in [0.25, 0.3) is 0 Å². The lowest BCUT2D eigenvalue weighted by Crippen LogP contribution is -2.36. The monoisotopic (exact) mass is 323 g/mol. The number of carbonyl (C=O) groups is 1. The highest BCUT2D eigenvalue weighted by atomic mass is 32.2. The summed E-state index contributed by atoms with van der Waals surface area (Å²) in [6.45, 7) is 0.548. The number of sulfonamides is 1. The predicted molar refractivity (Wildman–Crippen MR) is 84.8 cm³/mol. The summed E-state index contributed by atoms with van der Waals surface area (Å²) in [6, 6.07) is 9.10. The Hall–Kier alpha value is -1.66. The van der Waals surface area contributed by atoms with Crippen molar-refractivity contribution in [2.45, 2.75) is 37.5 Å². The van der Waals surface area contributed by atoms with Gasteiger partial charge in [0.1, 0.15) is 0 Å². The van der Waals surface area contributed by atoms with Crippen molar-refractivity contribution in [1.82, 2.24) is 4.31 Å². The second-order valence-electron chi connectivity index (χ2n) is 5.45. The number of benzene rings is 1. The molecule has 0 bridgehead atoms. The van der Waals surface area contributed by atoms with E-state index in [9.17, 15) is 13.2 Å². The Labute approximate surface area is 131 Å². The van der Waals surface area contributed by atoms with Gasteiger partial charge in [-0.25, -0.2) is 8.42 Å². The molecule has 22 heavy (non-hydrogen) atoms. The van der Waals surface area contributed by atoms with Gasteiger partial charge >= 0.3 is 5.97 Å². The van der Waals surface area contributed by atoms with E-state index in [2.05, 4.69) is 0 Å². The first-order valence-corrected chi connectivity index (χ1v) is 9.00. The van der Waals surface area contributed by atoms with Crippen LogP contribution in [-0.4, -0.2) is 36.4 Å². The quantitative estimate of drug-likeness (QED) is 0.782. The zero-order valence-electron chi connectivity index (χ0n) is 12.4. The van der Waals surface area contributed by atoms with E-state index >= 15 is 0 Å². The molecule has 2 rings (SSSR count). The SMILES string of the molecule is O=C(O)C/C=C/CC1CCCN1S(=O)(=O)Cc1ccccc1. The lowest BCUT2D eigenvalue weighted by molar-refractivity contribution is -0.136. The first kappa shape index (κ1) is 16.7. The topological polar surface area (TPSA) is 74.7 Å². The van der Waals surface area contributed by atoms with Crippen LogP contribution in [0.3, 0.4) is 0 Å². The fraction of sp³-hybridized carbons (Fsp3) is 0.438. The van der Waals surface area contributed by atoms with Gasteiger partial charge in [-0.05, 0) is 24.8 Å². The van der Waals surface area contributed by atoms with E-state index in [1.807, 2.05) is 30.3 Å². The molecule has 1 unspecified atom stereocenters. The third-order valence-electron chi connectivity index (χ3n) is 3.74. The van der Waals surface area contributed by atoms with Crippen molar-refractivity contribution in [3.05, 3.63) is 48.0 Å². The van der Waals surface area contributed by atoms with Crippen molar-refractivity contribution in [3.8, 4) is 0 Å². The van der Waals surface area contributed by atoms with Crippen molar-refractivity contribution >= 4 is 16.0 Å². The first-order chi connectivity index (χ1) is 10.5. The molecule has 5 nitrogen and oxygen atoms in total. The summed E-state index contributed by atoms with van der Waals surface area (Å²) < 4.78 is 26.7. The lowest BCUT2D eigenvalue weighted by Gasteiger charge is -2.23. The van der Waals surface area contributed by atoms with E-state index in [-0.39, 0.29) is 18.2 Å². The molecule has 1 N–H and O–H groups in total. The second kappa shape index (κ2) is 7.56. The molecule has 1 fully saturated rings. The Morgan fingerprint density at radius 3 is 2.68 bits per heavy atom. The number of carboxylic acids is 1. The van der Waals surface area contributed by atoms with Crippen LogP contribution in [0.2, 0.25) is 0 Å². The molecule has 6 heteroatoms. The molecule has 0 amide bonds. The molecule has 1 saturated heterocycles. The third-order valence-corrected chi connectivity index (χ3v) is 5.63. The highest BCUT2D eigenvalue weighted by Crippen LogP contribution is 2.26. The maximum atomic E-state index is 12.6. The Morgan fingerprint density at radius 1 is 1.27 bits per heavy atom. The highest BCUT2D eigenvalue weighted by Gasteiger charge is 2.33. The fourth-order valence-electron chi connectivity index (χ4n) is 2.72. The summed E-state index contributed by atoms with van der Waals surface area (Å²) >= 11 is 0. The van der Waals surface area contributed by atoms with Gasteiger partial charge in [0.25, 0.3) is 0 Å². The minimum Gasteiger partial charge on any atom is -0.481 e. The molecular weight excluding hydrogens is 302 g/mol. The molecule has 0 aromatic heterocycles. The van der Waals surface area contributed by atoms with Gasteiger partial charge in [-0.3, -0.25) is 4.79 Å². The van der Waals surface area contributed by atoms with Crippen LogP contribution >= 0.6 is 0 Å². The Kier molecular flexibility index (Phi) is 5.74. The van der Waals surface area contributed by atoms with Crippen molar-refractivity contribution < 1.29 is 18.3 Å². The molecule has 0 spiro atoms. The van der Waals surface area contributed by atoms with E-state index in [1.165, 1.54) is 0 Å². The smallest absolute Gasteiger partial charge is 0.307 e. The number of nitrogens with zero attached hydrogens (tertiary/aromatic N) is 1. The van der Waals surface area contributed by atoms with Crippen LogP contribution in [0.1, 0.15) is 31.2 Å². The van der Waals surface area contributed by atoms with Gasteiger partial charge in [0.05, 0.1) is 12.2 Å². The van der Waals surface area contributed by atoms with Gasteiger partial charge in [0.2, 0.25) is 10.0 Å². The molecular formula is C16H21NO4S. The van der Waals surface area contributed by atoms with Gasteiger partial charge in [-0.15, -0.1) is 0 Å². The molecule has 1 aliphatic heterocycles. The van der Waals surface area contributed by atoms with E-state index < -0.39 is 16.0 Å². The predicted octanol–water partition coefficient (Wildman–Crippen LogP) is 2.40. The second-order valence-corrected chi connectivity index (χ2v) is 7.38. The van der Waals surface area contributed by atoms with Crippen LogP contribution in [0.5, 0.6) is 0 Å². The standard InChI is InChI=1S/C16H21NO4S/c18-16(19)11-5-4-9-15-10-6-12-17(15)22(20,21)13-14-7-2-1-3-8-14/h1-5,7-8,15H,6,9-13H2,(H,18,19)/b5-4+. The van der Waals surface area contributed by atoms with Gasteiger partial charge in [-0.1, -0.05) is 42.5 Å². The van der Waals surface area contributed by atoms with Crippen LogP contribution in [-0.2, 0) is 20.6 Å². The molecule has 0 radical (unpaired) electrons. The number of rotatable bonds is 7. The molecule has 1 aromatic rings. The van der Waals surface area contributed by atoms with Crippen LogP contribution in [0.15, 0.2) is 42.5 Å². The molecule has 1 heterocycles. The van der Waals surface area contributed by atoms with Crippen molar-refractivity contribution in [2.75, 3.05) is 6.54 Å². The van der Waals surface area contributed by atoms with Gasteiger partial charge in [-0.2, -0.15) is 4.31 Å². The number of hydrogen-bond acceptors (Lipinski definition) is 3. The maximum Gasteiger partial charge on any atom is 0.307 e. The number of carboxylic acid groups (broad SMARTS) is 1. The molecule has 0 aliphatic carbocycles. The average molecular weight is 323 g/mol. The van der Waals surface area contributed by atoms with Gasteiger partial charge < -0.3 is 5.11 Å².